The minimum atomic E-state index is -3.11. The number of fused-ring (bicyclic) bond motifs is 1. The van der Waals surface area contributed by atoms with Crippen LogP contribution in [0.2, 0.25) is 0 Å². The number of sulfone groups is 1. The van der Waals surface area contributed by atoms with Gasteiger partial charge in [0, 0.05) is 17.7 Å². The van der Waals surface area contributed by atoms with Crippen molar-refractivity contribution in [3.63, 3.8) is 0 Å². The van der Waals surface area contributed by atoms with Crippen molar-refractivity contribution in [1.82, 2.24) is 20.1 Å². The number of aryl methyl sites for hydroxylation is 1. The first-order valence-electron chi connectivity index (χ1n) is 12.3. The highest BCUT2D eigenvalue weighted by molar-refractivity contribution is 7.91. The molecule has 0 aromatic carbocycles. The summed E-state index contributed by atoms with van der Waals surface area (Å²) in [4.78, 5) is 30.7. The number of amides is 1. The van der Waals surface area contributed by atoms with Gasteiger partial charge in [-0.05, 0) is 52.0 Å². The minimum absolute atomic E-state index is 0.0245. The van der Waals surface area contributed by atoms with Gasteiger partial charge in [0.25, 0.3) is 5.91 Å². The van der Waals surface area contributed by atoms with Crippen LogP contribution in [0.15, 0.2) is 6.07 Å². The molecule has 1 aliphatic heterocycles. The zero-order valence-electron chi connectivity index (χ0n) is 19.7. The molecule has 2 aliphatic carbocycles. The van der Waals surface area contributed by atoms with E-state index in [-0.39, 0.29) is 35.4 Å². The normalized spacial score (nSPS) is 23.6. The molecule has 1 amide bonds. The highest BCUT2D eigenvalue weighted by Crippen LogP contribution is 2.41. The predicted octanol–water partition coefficient (Wildman–Crippen LogP) is 2.97. The molecule has 184 valence electrons. The number of hydrogen-bond donors (Lipinski definition) is 1. The fraction of sp³-hybridized carbons (Fsp3) is 0.667. The molecule has 3 heterocycles. The van der Waals surface area contributed by atoms with Crippen molar-refractivity contribution in [3.05, 3.63) is 23.0 Å². The molecule has 0 bridgehead atoms. The summed E-state index contributed by atoms with van der Waals surface area (Å²) < 4.78 is 31.4. The van der Waals surface area contributed by atoms with Gasteiger partial charge in [0.1, 0.15) is 0 Å². The molecule has 2 saturated carbocycles. The molecule has 3 fully saturated rings. The van der Waals surface area contributed by atoms with Crippen LogP contribution >= 0.6 is 0 Å². The Hall–Kier alpha value is -2.49. The number of nitrogens with zero attached hydrogens (tertiary/aromatic N) is 3. The molecule has 2 unspecified atom stereocenters. The van der Waals surface area contributed by atoms with E-state index in [1.807, 2.05) is 0 Å². The molecule has 1 saturated heterocycles. The zero-order valence-corrected chi connectivity index (χ0v) is 20.6. The lowest BCUT2D eigenvalue weighted by Crippen LogP contribution is -2.42. The van der Waals surface area contributed by atoms with Crippen LogP contribution in [0.5, 0.6) is 0 Å². The van der Waals surface area contributed by atoms with Crippen molar-refractivity contribution in [2.45, 2.75) is 89.3 Å². The van der Waals surface area contributed by atoms with Crippen LogP contribution in [0, 0.1) is 6.92 Å². The van der Waals surface area contributed by atoms with Gasteiger partial charge in [-0.15, -0.1) is 0 Å². The van der Waals surface area contributed by atoms with E-state index in [2.05, 4.69) is 10.4 Å². The highest BCUT2D eigenvalue weighted by atomic mass is 32.2. The molecule has 2 atom stereocenters. The standard InChI is InChI=1S/C24H32N4O5S/c1-14-21-19(24(30)33-15(2)23(29)25-17-6-4-3-5-7-17)12-20(16-8-9-16)26-22(21)28(27-14)18-10-11-34(31,32)13-18/h12,15-18H,3-11,13H2,1-2H3,(H,25,29). The molecule has 34 heavy (non-hydrogen) atoms. The Labute approximate surface area is 199 Å². The molecule has 2 aromatic heterocycles. The second-order valence-corrected chi connectivity index (χ2v) is 12.3. The van der Waals surface area contributed by atoms with Crippen molar-refractivity contribution < 1.29 is 22.7 Å². The van der Waals surface area contributed by atoms with Crippen LogP contribution in [0.3, 0.4) is 0 Å². The Bertz CT molecular complexity index is 1230. The molecular weight excluding hydrogens is 456 g/mol. The lowest BCUT2D eigenvalue weighted by molar-refractivity contribution is -0.130. The minimum Gasteiger partial charge on any atom is -0.449 e. The molecule has 3 aliphatic rings. The summed E-state index contributed by atoms with van der Waals surface area (Å²) in [5.74, 6) is -0.433. The fourth-order valence-electron chi connectivity index (χ4n) is 5.15. The van der Waals surface area contributed by atoms with E-state index in [0.717, 1.165) is 44.2 Å². The summed E-state index contributed by atoms with van der Waals surface area (Å²) >= 11 is 0. The number of rotatable bonds is 6. The SMILES string of the molecule is Cc1nn(C2CCS(=O)(=O)C2)c2nc(C3CC3)cc(C(=O)OC(C)C(=O)NC3CCCCC3)c12. The van der Waals surface area contributed by atoms with E-state index in [1.165, 1.54) is 6.42 Å². The van der Waals surface area contributed by atoms with Gasteiger partial charge in [-0.3, -0.25) is 4.79 Å². The average Bonchev–Trinajstić information content (AvgIpc) is 3.52. The fourth-order valence-corrected chi connectivity index (χ4v) is 6.84. The number of ether oxygens (including phenoxy) is 1. The van der Waals surface area contributed by atoms with Crippen LogP contribution in [0.4, 0.5) is 0 Å². The van der Waals surface area contributed by atoms with Gasteiger partial charge in [0.2, 0.25) is 0 Å². The Morgan fingerprint density at radius 2 is 1.88 bits per heavy atom. The summed E-state index contributed by atoms with van der Waals surface area (Å²) in [6.45, 7) is 3.38. The summed E-state index contributed by atoms with van der Waals surface area (Å²) in [6.07, 6.45) is 6.86. The highest BCUT2D eigenvalue weighted by Gasteiger charge is 2.34. The second kappa shape index (κ2) is 8.94. The Morgan fingerprint density at radius 1 is 1.15 bits per heavy atom. The molecular formula is C24H32N4O5S. The third-order valence-electron chi connectivity index (χ3n) is 7.23. The van der Waals surface area contributed by atoms with Crippen LogP contribution in [0.25, 0.3) is 11.0 Å². The van der Waals surface area contributed by atoms with E-state index in [4.69, 9.17) is 9.72 Å². The van der Waals surface area contributed by atoms with Gasteiger partial charge < -0.3 is 10.1 Å². The first-order chi connectivity index (χ1) is 16.2. The van der Waals surface area contributed by atoms with Crippen molar-refractivity contribution in [2.75, 3.05) is 11.5 Å². The van der Waals surface area contributed by atoms with Gasteiger partial charge >= 0.3 is 5.97 Å². The molecule has 5 rings (SSSR count). The third kappa shape index (κ3) is 4.69. The van der Waals surface area contributed by atoms with Gasteiger partial charge in [-0.25, -0.2) is 22.9 Å². The Balaban J connectivity index is 1.43. The lowest BCUT2D eigenvalue weighted by atomic mass is 9.95. The molecule has 9 nitrogen and oxygen atoms in total. The third-order valence-corrected chi connectivity index (χ3v) is 8.98. The maximum absolute atomic E-state index is 13.3. The van der Waals surface area contributed by atoms with Crippen molar-refractivity contribution in [2.24, 2.45) is 0 Å². The Kier molecular flexibility index (Phi) is 6.12. The van der Waals surface area contributed by atoms with Crippen molar-refractivity contribution in [3.8, 4) is 0 Å². The summed E-state index contributed by atoms with van der Waals surface area (Å²) in [7, 11) is -3.11. The summed E-state index contributed by atoms with van der Waals surface area (Å²) in [6, 6.07) is 1.60. The molecule has 0 radical (unpaired) electrons. The maximum Gasteiger partial charge on any atom is 0.339 e. The van der Waals surface area contributed by atoms with Crippen molar-refractivity contribution >= 4 is 32.7 Å². The number of hydrogen-bond acceptors (Lipinski definition) is 7. The van der Waals surface area contributed by atoms with Gasteiger partial charge in [-0.2, -0.15) is 5.10 Å². The number of carbonyl (C=O) groups excluding carboxylic acids is 2. The number of carbonyl (C=O) groups is 2. The van der Waals surface area contributed by atoms with Gasteiger partial charge in [0.15, 0.2) is 21.6 Å². The van der Waals surface area contributed by atoms with Crippen molar-refractivity contribution in [1.29, 1.82) is 0 Å². The first-order valence-corrected chi connectivity index (χ1v) is 14.2. The summed E-state index contributed by atoms with van der Waals surface area (Å²) in [5, 5.41) is 8.17. The zero-order chi connectivity index (χ0) is 24.0. The van der Waals surface area contributed by atoms with E-state index >= 15 is 0 Å². The Morgan fingerprint density at radius 3 is 2.53 bits per heavy atom. The predicted molar refractivity (Wildman–Crippen MR) is 126 cm³/mol. The number of esters is 1. The number of aromatic nitrogens is 3. The van der Waals surface area contributed by atoms with Crippen LogP contribution < -0.4 is 5.32 Å². The average molecular weight is 489 g/mol. The first kappa shape index (κ1) is 23.3. The molecule has 1 N–H and O–H groups in total. The van der Waals surface area contributed by atoms with E-state index in [9.17, 15) is 18.0 Å². The molecule has 10 heteroatoms. The van der Waals surface area contributed by atoms with Crippen LogP contribution in [-0.4, -0.2) is 58.7 Å². The van der Waals surface area contributed by atoms with Gasteiger partial charge in [0.05, 0.1) is 34.2 Å². The van der Waals surface area contributed by atoms with E-state index < -0.39 is 21.9 Å². The summed E-state index contributed by atoms with van der Waals surface area (Å²) in [5.41, 5.74) is 2.25. The smallest absolute Gasteiger partial charge is 0.339 e. The lowest BCUT2D eigenvalue weighted by Gasteiger charge is -2.24. The van der Waals surface area contributed by atoms with Crippen LogP contribution in [0.1, 0.15) is 92.0 Å². The topological polar surface area (TPSA) is 120 Å². The number of nitrogens with one attached hydrogen (secondary N) is 1. The quantitative estimate of drug-likeness (QED) is 0.621. The van der Waals surface area contributed by atoms with E-state index in [0.29, 0.717) is 28.7 Å². The largest absolute Gasteiger partial charge is 0.449 e. The molecule has 0 spiro atoms. The second-order valence-electron chi connectivity index (χ2n) is 10.0. The molecule has 2 aromatic rings. The van der Waals surface area contributed by atoms with Crippen LogP contribution in [-0.2, 0) is 19.4 Å². The van der Waals surface area contributed by atoms with Gasteiger partial charge in [-0.1, -0.05) is 19.3 Å². The number of pyridine rings is 1. The monoisotopic (exact) mass is 488 g/mol. The van der Waals surface area contributed by atoms with E-state index in [1.54, 1.807) is 24.6 Å². The maximum atomic E-state index is 13.3.